The SMILES string of the molecule is C#CCOc1ccc(/C=[N+](/C)O)cc1. The highest BCUT2D eigenvalue weighted by Gasteiger charge is 1.96. The Morgan fingerprint density at radius 2 is 2.14 bits per heavy atom. The van der Waals surface area contributed by atoms with Gasteiger partial charge < -0.3 is 4.74 Å². The first kappa shape index (κ1) is 10.1. The second kappa shape index (κ2) is 4.93. The molecule has 14 heavy (non-hydrogen) atoms. The van der Waals surface area contributed by atoms with E-state index in [1.54, 1.807) is 25.4 Å². The van der Waals surface area contributed by atoms with Gasteiger partial charge in [0.25, 0.3) is 0 Å². The predicted octanol–water partition coefficient (Wildman–Crippen LogP) is 1.15. The molecule has 0 unspecified atom stereocenters. The third kappa shape index (κ3) is 3.20. The predicted molar refractivity (Wildman–Crippen MR) is 53.9 cm³/mol. The number of ether oxygens (including phenoxy) is 1. The van der Waals surface area contributed by atoms with Crippen LogP contribution in [0.1, 0.15) is 5.56 Å². The fourth-order valence-corrected chi connectivity index (χ4v) is 0.991. The maximum absolute atomic E-state index is 8.94. The second-order valence-electron chi connectivity index (χ2n) is 2.76. The first-order valence-corrected chi connectivity index (χ1v) is 4.15. The summed E-state index contributed by atoms with van der Waals surface area (Å²) in [5.74, 6) is 3.11. The molecule has 0 spiro atoms. The molecule has 0 radical (unpaired) electrons. The summed E-state index contributed by atoms with van der Waals surface area (Å²) in [6.45, 7) is 0.267. The van der Waals surface area contributed by atoms with E-state index in [0.717, 1.165) is 16.1 Å². The Morgan fingerprint density at radius 3 is 2.64 bits per heavy atom. The highest BCUT2D eigenvalue weighted by Crippen LogP contribution is 2.10. The normalized spacial score (nSPS) is 10.7. The maximum Gasteiger partial charge on any atom is 0.222 e. The quantitative estimate of drug-likeness (QED) is 0.255. The van der Waals surface area contributed by atoms with Gasteiger partial charge in [-0.25, -0.2) is 0 Å². The number of rotatable bonds is 3. The van der Waals surface area contributed by atoms with E-state index in [2.05, 4.69) is 5.92 Å². The summed E-state index contributed by atoms with van der Waals surface area (Å²) in [7, 11) is 1.54. The first-order valence-electron chi connectivity index (χ1n) is 4.15. The minimum Gasteiger partial charge on any atom is -0.481 e. The highest BCUT2D eigenvalue weighted by molar-refractivity contribution is 5.75. The molecule has 0 aromatic heterocycles. The summed E-state index contributed by atoms with van der Waals surface area (Å²) >= 11 is 0. The van der Waals surface area contributed by atoms with Crippen molar-refractivity contribution in [2.45, 2.75) is 0 Å². The van der Waals surface area contributed by atoms with Crippen molar-refractivity contribution in [3.63, 3.8) is 0 Å². The lowest BCUT2D eigenvalue weighted by Gasteiger charge is -2.00. The van der Waals surface area contributed by atoms with Gasteiger partial charge in [-0.2, -0.15) is 0 Å². The van der Waals surface area contributed by atoms with E-state index < -0.39 is 0 Å². The highest BCUT2D eigenvalue weighted by atomic mass is 16.5. The molecule has 0 fully saturated rings. The summed E-state index contributed by atoms with van der Waals surface area (Å²) in [5.41, 5.74) is 0.892. The molecule has 0 aliphatic carbocycles. The molecule has 3 heteroatoms. The van der Waals surface area contributed by atoms with Crippen LogP contribution in [0.4, 0.5) is 0 Å². The van der Waals surface area contributed by atoms with E-state index in [0.29, 0.717) is 0 Å². The average Bonchev–Trinajstić information content (AvgIpc) is 2.16. The van der Waals surface area contributed by atoms with Crippen LogP contribution in [0.2, 0.25) is 0 Å². The number of hydrogen-bond acceptors (Lipinski definition) is 2. The minimum absolute atomic E-state index is 0.267. The molecule has 1 aromatic rings. The van der Waals surface area contributed by atoms with Gasteiger partial charge >= 0.3 is 0 Å². The molecule has 0 aliphatic rings. The van der Waals surface area contributed by atoms with E-state index in [-0.39, 0.29) is 6.61 Å². The zero-order chi connectivity index (χ0) is 10.4. The van der Waals surface area contributed by atoms with Crippen LogP contribution in [0.15, 0.2) is 24.3 Å². The lowest BCUT2D eigenvalue weighted by molar-refractivity contribution is -0.750. The van der Waals surface area contributed by atoms with Crippen LogP contribution in [-0.4, -0.2) is 29.8 Å². The number of benzene rings is 1. The molecule has 0 saturated carbocycles. The van der Waals surface area contributed by atoms with Gasteiger partial charge in [0.2, 0.25) is 6.21 Å². The van der Waals surface area contributed by atoms with Crippen LogP contribution >= 0.6 is 0 Å². The Labute approximate surface area is 83.2 Å². The molecule has 0 aliphatic heterocycles. The summed E-state index contributed by atoms with van der Waals surface area (Å²) in [6, 6.07) is 7.26. The Balaban J connectivity index is 2.70. The van der Waals surface area contributed by atoms with Crippen LogP contribution in [-0.2, 0) is 0 Å². The van der Waals surface area contributed by atoms with Gasteiger partial charge in [-0.15, -0.1) is 6.42 Å². The summed E-state index contributed by atoms with van der Waals surface area (Å²) < 4.78 is 6.19. The molecule has 3 nitrogen and oxygen atoms in total. The lowest BCUT2D eigenvalue weighted by Crippen LogP contribution is -2.00. The Bertz CT molecular complexity index is 356. The summed E-state index contributed by atoms with van der Waals surface area (Å²) in [5, 5.41) is 8.94. The third-order valence-electron chi connectivity index (χ3n) is 1.54. The zero-order valence-electron chi connectivity index (χ0n) is 7.97. The number of hydrogen-bond donors (Lipinski definition) is 1. The molecule has 0 bridgehead atoms. The molecule has 0 saturated heterocycles. The average molecular weight is 190 g/mol. The number of hydroxylamine groups is 1. The van der Waals surface area contributed by atoms with Gasteiger partial charge in [0, 0.05) is 5.56 Å². The van der Waals surface area contributed by atoms with Crippen molar-refractivity contribution in [1.29, 1.82) is 0 Å². The largest absolute Gasteiger partial charge is 0.481 e. The van der Waals surface area contributed by atoms with E-state index in [1.165, 1.54) is 0 Å². The van der Waals surface area contributed by atoms with Gasteiger partial charge in [-0.3, -0.25) is 5.21 Å². The van der Waals surface area contributed by atoms with Crippen molar-refractivity contribution < 1.29 is 14.7 Å². The molecule has 1 N–H and O–H groups in total. The molecule has 0 heterocycles. The van der Waals surface area contributed by atoms with Gasteiger partial charge in [0.1, 0.15) is 12.4 Å². The van der Waals surface area contributed by atoms with Crippen LogP contribution in [0, 0.1) is 12.3 Å². The Hall–Kier alpha value is -1.95. The topological polar surface area (TPSA) is 32.5 Å². The van der Waals surface area contributed by atoms with Crippen molar-refractivity contribution in [1.82, 2.24) is 0 Å². The lowest BCUT2D eigenvalue weighted by atomic mass is 10.2. The van der Waals surface area contributed by atoms with Crippen LogP contribution < -0.4 is 4.74 Å². The van der Waals surface area contributed by atoms with Gasteiger partial charge in [-0.1, -0.05) is 5.92 Å². The molecule has 1 aromatic carbocycles. The van der Waals surface area contributed by atoms with Gasteiger partial charge in [0.15, 0.2) is 7.05 Å². The molecule has 1 rings (SSSR count). The van der Waals surface area contributed by atoms with E-state index >= 15 is 0 Å². The molecule has 0 atom stereocenters. The van der Waals surface area contributed by atoms with Gasteiger partial charge in [-0.05, 0) is 29.0 Å². The molecule has 72 valence electrons. The van der Waals surface area contributed by atoms with E-state index in [9.17, 15) is 0 Å². The molecular formula is C11H12NO2+. The standard InChI is InChI=1S/C11H12NO2/c1-3-8-14-11-6-4-10(5-7-11)9-12(2)13/h1,4-7,9,13H,8H2,2H3/q+1/b12-9-. The zero-order valence-corrected chi connectivity index (χ0v) is 7.97. The summed E-state index contributed by atoms with van der Waals surface area (Å²) in [6.07, 6.45) is 6.64. The maximum atomic E-state index is 8.94. The Kier molecular flexibility index (Phi) is 3.57. The third-order valence-corrected chi connectivity index (χ3v) is 1.54. The second-order valence-corrected chi connectivity index (χ2v) is 2.76. The van der Waals surface area contributed by atoms with Crippen molar-refractivity contribution in [3.8, 4) is 18.1 Å². The van der Waals surface area contributed by atoms with Crippen molar-refractivity contribution in [2.24, 2.45) is 0 Å². The first-order chi connectivity index (χ1) is 6.72. The minimum atomic E-state index is 0.267. The monoisotopic (exact) mass is 190 g/mol. The van der Waals surface area contributed by atoms with Crippen LogP contribution in [0.25, 0.3) is 0 Å². The van der Waals surface area contributed by atoms with E-state index in [4.69, 9.17) is 16.4 Å². The van der Waals surface area contributed by atoms with Crippen molar-refractivity contribution in [2.75, 3.05) is 13.7 Å². The Morgan fingerprint density at radius 1 is 1.50 bits per heavy atom. The fourth-order valence-electron chi connectivity index (χ4n) is 0.991. The number of terminal acetylenes is 1. The van der Waals surface area contributed by atoms with Crippen LogP contribution in [0.3, 0.4) is 0 Å². The van der Waals surface area contributed by atoms with E-state index in [1.807, 2.05) is 12.1 Å². The fraction of sp³-hybridized carbons (Fsp3) is 0.182. The van der Waals surface area contributed by atoms with Crippen LogP contribution in [0.5, 0.6) is 5.75 Å². The van der Waals surface area contributed by atoms with Crippen molar-refractivity contribution >= 4 is 6.21 Å². The van der Waals surface area contributed by atoms with Gasteiger partial charge in [0.05, 0.1) is 0 Å². The smallest absolute Gasteiger partial charge is 0.222 e. The molecular weight excluding hydrogens is 178 g/mol. The van der Waals surface area contributed by atoms with Crippen molar-refractivity contribution in [3.05, 3.63) is 29.8 Å². The number of nitrogens with zero attached hydrogens (tertiary/aromatic N) is 1. The molecule has 0 amide bonds. The summed E-state index contributed by atoms with van der Waals surface area (Å²) in [4.78, 5) is 0.